The Morgan fingerprint density at radius 3 is 2.84 bits per heavy atom. The number of methoxy groups -OCH3 is 1. The number of nitrogens with zero attached hydrogens (tertiary/aromatic N) is 2. The van der Waals surface area contributed by atoms with Gasteiger partial charge in [-0.25, -0.2) is 0 Å². The highest BCUT2D eigenvalue weighted by Gasteiger charge is 2.09. The number of aromatic nitrogens is 2. The molecule has 0 aliphatic rings. The van der Waals surface area contributed by atoms with Crippen LogP contribution in [0.4, 0.5) is 5.69 Å². The molecular formula is C13H15N3O3. The first kappa shape index (κ1) is 13.1. The Morgan fingerprint density at radius 2 is 2.16 bits per heavy atom. The van der Waals surface area contributed by atoms with E-state index in [1.54, 1.807) is 26.2 Å². The van der Waals surface area contributed by atoms with Gasteiger partial charge < -0.3 is 14.5 Å². The van der Waals surface area contributed by atoms with Crippen molar-refractivity contribution >= 4 is 11.6 Å². The number of nitrogens with one attached hydrogen (secondary N) is 1. The van der Waals surface area contributed by atoms with Gasteiger partial charge in [-0.1, -0.05) is 12.1 Å². The molecule has 0 fully saturated rings. The summed E-state index contributed by atoms with van der Waals surface area (Å²) in [6.45, 7) is 1.71. The highest BCUT2D eigenvalue weighted by Crippen LogP contribution is 2.23. The van der Waals surface area contributed by atoms with Crippen LogP contribution in [0.5, 0.6) is 5.75 Å². The van der Waals surface area contributed by atoms with E-state index >= 15 is 0 Å². The van der Waals surface area contributed by atoms with Crippen LogP contribution in [0.3, 0.4) is 0 Å². The van der Waals surface area contributed by atoms with Gasteiger partial charge in [-0.2, -0.15) is 0 Å². The number of aryl methyl sites for hydroxylation is 2. The molecule has 19 heavy (non-hydrogen) atoms. The number of carbonyl (C=O) groups excluding carboxylic acids is 1. The number of hydrogen-bond donors (Lipinski definition) is 1. The molecule has 0 aliphatic heterocycles. The van der Waals surface area contributed by atoms with E-state index in [1.807, 2.05) is 12.1 Å². The average molecular weight is 261 g/mol. The molecule has 1 heterocycles. The van der Waals surface area contributed by atoms with Gasteiger partial charge in [0.2, 0.25) is 17.7 Å². The zero-order chi connectivity index (χ0) is 13.7. The van der Waals surface area contributed by atoms with E-state index in [4.69, 9.17) is 9.15 Å². The van der Waals surface area contributed by atoms with Crippen molar-refractivity contribution < 1.29 is 13.9 Å². The fraction of sp³-hybridized carbons (Fsp3) is 0.308. The zero-order valence-electron chi connectivity index (χ0n) is 10.8. The minimum absolute atomic E-state index is 0.125. The monoisotopic (exact) mass is 261 g/mol. The summed E-state index contributed by atoms with van der Waals surface area (Å²) in [5.41, 5.74) is 0.650. The van der Waals surface area contributed by atoms with Gasteiger partial charge in [-0.15, -0.1) is 10.2 Å². The fourth-order valence-corrected chi connectivity index (χ4v) is 1.62. The first-order chi connectivity index (χ1) is 9.19. The SMILES string of the molecule is COc1ccccc1NC(=O)CCc1nnc(C)o1. The Morgan fingerprint density at radius 1 is 1.37 bits per heavy atom. The summed E-state index contributed by atoms with van der Waals surface area (Å²) in [5, 5.41) is 10.3. The minimum atomic E-state index is -0.125. The maximum atomic E-state index is 11.8. The summed E-state index contributed by atoms with van der Waals surface area (Å²) < 4.78 is 10.4. The second-order valence-corrected chi connectivity index (χ2v) is 3.96. The third-order valence-corrected chi connectivity index (χ3v) is 2.51. The first-order valence-electron chi connectivity index (χ1n) is 5.91. The summed E-state index contributed by atoms with van der Waals surface area (Å²) in [6, 6.07) is 7.25. The lowest BCUT2D eigenvalue weighted by Gasteiger charge is -2.09. The molecule has 1 aromatic carbocycles. The second-order valence-electron chi connectivity index (χ2n) is 3.96. The summed E-state index contributed by atoms with van der Waals surface area (Å²) >= 11 is 0. The molecule has 0 saturated carbocycles. The van der Waals surface area contributed by atoms with E-state index in [0.717, 1.165) is 0 Å². The standard InChI is InChI=1S/C13H15N3O3/c1-9-15-16-13(19-9)8-7-12(17)14-10-5-3-4-6-11(10)18-2/h3-6H,7-8H2,1-2H3,(H,14,17). The second kappa shape index (κ2) is 5.99. The van der Waals surface area contributed by atoms with Crippen LogP contribution in [0.2, 0.25) is 0 Å². The Kier molecular flexibility index (Phi) is 4.12. The molecule has 1 aromatic heterocycles. The van der Waals surface area contributed by atoms with E-state index in [-0.39, 0.29) is 12.3 Å². The molecule has 0 radical (unpaired) electrons. The van der Waals surface area contributed by atoms with Crippen molar-refractivity contribution in [1.29, 1.82) is 0 Å². The molecule has 0 saturated heterocycles. The van der Waals surface area contributed by atoms with Crippen LogP contribution in [0, 0.1) is 6.92 Å². The molecular weight excluding hydrogens is 246 g/mol. The van der Waals surface area contributed by atoms with E-state index in [2.05, 4.69) is 15.5 Å². The number of rotatable bonds is 5. The van der Waals surface area contributed by atoms with E-state index in [1.165, 1.54) is 0 Å². The smallest absolute Gasteiger partial charge is 0.224 e. The number of anilines is 1. The summed E-state index contributed by atoms with van der Waals surface area (Å²) in [7, 11) is 1.56. The van der Waals surface area contributed by atoms with Crippen molar-refractivity contribution in [1.82, 2.24) is 10.2 Å². The Bertz CT molecular complexity index is 566. The van der Waals surface area contributed by atoms with Crippen molar-refractivity contribution in [3.63, 3.8) is 0 Å². The first-order valence-corrected chi connectivity index (χ1v) is 5.91. The Balaban J connectivity index is 1.90. The van der Waals surface area contributed by atoms with Gasteiger partial charge in [-0.05, 0) is 12.1 Å². The lowest BCUT2D eigenvalue weighted by molar-refractivity contribution is -0.116. The lowest BCUT2D eigenvalue weighted by atomic mass is 10.2. The highest BCUT2D eigenvalue weighted by molar-refractivity contribution is 5.92. The van der Waals surface area contributed by atoms with Gasteiger partial charge in [-0.3, -0.25) is 4.79 Å². The number of hydrogen-bond acceptors (Lipinski definition) is 5. The molecule has 2 aromatic rings. The lowest BCUT2D eigenvalue weighted by Crippen LogP contribution is -2.13. The topological polar surface area (TPSA) is 77.2 Å². The quantitative estimate of drug-likeness (QED) is 0.890. The average Bonchev–Trinajstić information content (AvgIpc) is 2.83. The largest absolute Gasteiger partial charge is 0.495 e. The Hall–Kier alpha value is -2.37. The van der Waals surface area contributed by atoms with Crippen molar-refractivity contribution in [2.75, 3.05) is 12.4 Å². The van der Waals surface area contributed by atoms with Crippen LogP contribution >= 0.6 is 0 Å². The molecule has 0 atom stereocenters. The van der Waals surface area contributed by atoms with Crippen molar-refractivity contribution in [3.8, 4) is 5.75 Å². The van der Waals surface area contributed by atoms with Gasteiger partial charge in [0.25, 0.3) is 0 Å². The molecule has 6 nitrogen and oxygen atoms in total. The van der Waals surface area contributed by atoms with E-state index < -0.39 is 0 Å². The Labute approximate surface area is 110 Å². The summed E-state index contributed by atoms with van der Waals surface area (Å²) in [5.74, 6) is 1.47. The summed E-state index contributed by atoms with van der Waals surface area (Å²) in [4.78, 5) is 11.8. The van der Waals surface area contributed by atoms with E-state index in [9.17, 15) is 4.79 Å². The van der Waals surface area contributed by atoms with Gasteiger partial charge in [0, 0.05) is 19.8 Å². The molecule has 100 valence electrons. The number of amides is 1. The van der Waals surface area contributed by atoms with Crippen LogP contribution < -0.4 is 10.1 Å². The van der Waals surface area contributed by atoms with Crippen molar-refractivity contribution in [3.05, 3.63) is 36.0 Å². The molecule has 0 spiro atoms. The summed E-state index contributed by atoms with van der Waals surface area (Å²) in [6.07, 6.45) is 0.696. The van der Waals surface area contributed by atoms with Crippen molar-refractivity contribution in [2.24, 2.45) is 0 Å². The molecule has 1 N–H and O–H groups in total. The number of para-hydroxylation sites is 2. The zero-order valence-corrected chi connectivity index (χ0v) is 10.8. The van der Waals surface area contributed by atoms with Crippen LogP contribution in [-0.4, -0.2) is 23.2 Å². The van der Waals surface area contributed by atoms with Crippen LogP contribution in [0.25, 0.3) is 0 Å². The number of ether oxygens (including phenoxy) is 1. The fourth-order valence-electron chi connectivity index (χ4n) is 1.62. The molecule has 0 unspecified atom stereocenters. The van der Waals surface area contributed by atoms with Gasteiger partial charge >= 0.3 is 0 Å². The van der Waals surface area contributed by atoms with Gasteiger partial charge in [0.1, 0.15) is 5.75 Å². The molecule has 0 bridgehead atoms. The molecule has 1 amide bonds. The predicted molar refractivity (Wildman–Crippen MR) is 69.0 cm³/mol. The van der Waals surface area contributed by atoms with Gasteiger partial charge in [0.05, 0.1) is 12.8 Å². The normalized spacial score (nSPS) is 10.2. The predicted octanol–water partition coefficient (Wildman–Crippen LogP) is 1.96. The molecule has 2 rings (SSSR count). The number of benzene rings is 1. The third kappa shape index (κ3) is 3.54. The highest BCUT2D eigenvalue weighted by atomic mass is 16.5. The molecule has 0 aliphatic carbocycles. The van der Waals surface area contributed by atoms with E-state index in [0.29, 0.717) is 29.6 Å². The number of carbonyl (C=O) groups is 1. The van der Waals surface area contributed by atoms with Crippen LogP contribution in [-0.2, 0) is 11.2 Å². The van der Waals surface area contributed by atoms with Crippen LogP contribution in [0.1, 0.15) is 18.2 Å². The third-order valence-electron chi connectivity index (χ3n) is 2.51. The maximum absolute atomic E-state index is 11.8. The van der Waals surface area contributed by atoms with Crippen molar-refractivity contribution in [2.45, 2.75) is 19.8 Å². The van der Waals surface area contributed by atoms with Crippen LogP contribution in [0.15, 0.2) is 28.7 Å². The maximum Gasteiger partial charge on any atom is 0.224 e. The molecule has 6 heteroatoms. The minimum Gasteiger partial charge on any atom is -0.495 e. The van der Waals surface area contributed by atoms with Gasteiger partial charge in [0.15, 0.2) is 0 Å².